The molecule has 2 rings (SSSR count). The lowest BCUT2D eigenvalue weighted by molar-refractivity contribution is 0.0601. The molecule has 0 bridgehead atoms. The van der Waals surface area contributed by atoms with E-state index in [9.17, 15) is 5.11 Å². The fourth-order valence-electron chi connectivity index (χ4n) is 2.86. The number of aliphatic hydroxyl groups is 1. The second-order valence-electron chi connectivity index (χ2n) is 5.31. The molecule has 0 amide bonds. The van der Waals surface area contributed by atoms with E-state index in [4.69, 9.17) is 4.74 Å². The van der Waals surface area contributed by atoms with Gasteiger partial charge in [0.1, 0.15) is 0 Å². The minimum Gasteiger partial charge on any atom is -0.396 e. The van der Waals surface area contributed by atoms with Gasteiger partial charge in [0.2, 0.25) is 0 Å². The Morgan fingerprint density at radius 2 is 2.07 bits per heavy atom. The molecule has 1 saturated carbocycles. The van der Waals surface area contributed by atoms with Gasteiger partial charge in [-0.05, 0) is 25.7 Å². The topological polar surface area (TPSA) is 41.5 Å². The molecule has 0 radical (unpaired) electrons. The molecule has 1 heterocycles. The molecule has 2 aliphatic rings. The summed E-state index contributed by atoms with van der Waals surface area (Å²) in [4.78, 5) is 0. The zero-order valence-corrected chi connectivity index (χ0v) is 9.67. The molecule has 1 saturated heterocycles. The lowest BCUT2D eigenvalue weighted by Crippen LogP contribution is -2.48. The molecule has 2 N–H and O–H groups in total. The van der Waals surface area contributed by atoms with Crippen molar-refractivity contribution in [1.82, 2.24) is 5.32 Å². The van der Waals surface area contributed by atoms with Gasteiger partial charge in [-0.1, -0.05) is 13.3 Å². The summed E-state index contributed by atoms with van der Waals surface area (Å²) in [5, 5.41) is 13.2. The molecule has 2 fully saturated rings. The Bertz CT molecular complexity index is 204. The van der Waals surface area contributed by atoms with E-state index in [-0.39, 0.29) is 5.41 Å². The lowest BCUT2D eigenvalue weighted by atomic mass is 9.85. The largest absolute Gasteiger partial charge is 0.396 e. The van der Waals surface area contributed by atoms with Crippen LogP contribution in [0.1, 0.15) is 39.0 Å². The Balaban J connectivity index is 1.87. The van der Waals surface area contributed by atoms with Crippen LogP contribution in [0, 0.1) is 5.41 Å². The summed E-state index contributed by atoms with van der Waals surface area (Å²) >= 11 is 0. The van der Waals surface area contributed by atoms with Crippen molar-refractivity contribution in [2.75, 3.05) is 19.8 Å². The molecule has 2 unspecified atom stereocenters. The Labute approximate surface area is 92.2 Å². The van der Waals surface area contributed by atoms with Crippen molar-refractivity contribution in [3.05, 3.63) is 0 Å². The SMILES string of the molecule is CC1(CO)CCCC1NC1CCOCC1. The minimum absolute atomic E-state index is 0.109. The van der Waals surface area contributed by atoms with Crippen LogP contribution in [0.5, 0.6) is 0 Å². The van der Waals surface area contributed by atoms with E-state index in [1.807, 2.05) is 0 Å². The molecule has 0 aromatic carbocycles. The molecule has 15 heavy (non-hydrogen) atoms. The van der Waals surface area contributed by atoms with E-state index < -0.39 is 0 Å². The predicted octanol–water partition coefficient (Wildman–Crippen LogP) is 1.31. The van der Waals surface area contributed by atoms with Crippen molar-refractivity contribution < 1.29 is 9.84 Å². The van der Waals surface area contributed by atoms with Crippen LogP contribution in [0.3, 0.4) is 0 Å². The third-order valence-corrected chi connectivity index (χ3v) is 4.10. The van der Waals surface area contributed by atoms with Gasteiger partial charge in [0.05, 0.1) is 0 Å². The van der Waals surface area contributed by atoms with E-state index in [0.29, 0.717) is 18.7 Å². The van der Waals surface area contributed by atoms with Crippen molar-refractivity contribution in [1.29, 1.82) is 0 Å². The molecule has 0 spiro atoms. The highest BCUT2D eigenvalue weighted by Gasteiger charge is 2.39. The first kappa shape index (κ1) is 11.4. The third kappa shape index (κ3) is 2.52. The molecular weight excluding hydrogens is 190 g/mol. The summed E-state index contributed by atoms with van der Waals surface area (Å²) in [6.07, 6.45) is 5.87. The van der Waals surface area contributed by atoms with Crippen LogP contribution in [0.15, 0.2) is 0 Å². The smallest absolute Gasteiger partial charge is 0.0499 e. The molecular formula is C12H23NO2. The maximum Gasteiger partial charge on any atom is 0.0499 e. The van der Waals surface area contributed by atoms with Gasteiger partial charge < -0.3 is 15.2 Å². The van der Waals surface area contributed by atoms with Gasteiger partial charge in [-0.2, -0.15) is 0 Å². The molecule has 3 heteroatoms. The van der Waals surface area contributed by atoms with Crippen LogP contribution in [-0.4, -0.2) is 37.0 Å². The van der Waals surface area contributed by atoms with Crippen LogP contribution >= 0.6 is 0 Å². The Morgan fingerprint density at radius 3 is 2.73 bits per heavy atom. The van der Waals surface area contributed by atoms with Gasteiger partial charge in [-0.3, -0.25) is 0 Å². The molecule has 0 aromatic rings. The second-order valence-corrected chi connectivity index (χ2v) is 5.31. The molecule has 88 valence electrons. The Morgan fingerprint density at radius 1 is 1.33 bits per heavy atom. The van der Waals surface area contributed by atoms with Gasteiger partial charge in [0.25, 0.3) is 0 Å². The summed E-state index contributed by atoms with van der Waals surface area (Å²) in [5.74, 6) is 0. The van der Waals surface area contributed by atoms with Gasteiger partial charge in [-0.15, -0.1) is 0 Å². The molecule has 3 nitrogen and oxygen atoms in total. The van der Waals surface area contributed by atoms with Crippen molar-refractivity contribution in [2.24, 2.45) is 5.41 Å². The minimum atomic E-state index is 0.109. The van der Waals surface area contributed by atoms with E-state index in [0.717, 1.165) is 32.5 Å². The number of rotatable bonds is 3. The first-order valence-corrected chi connectivity index (χ1v) is 6.19. The average Bonchev–Trinajstić information content (AvgIpc) is 2.63. The summed E-state index contributed by atoms with van der Waals surface area (Å²) in [6, 6.07) is 1.11. The van der Waals surface area contributed by atoms with E-state index in [1.165, 1.54) is 12.8 Å². The molecule has 1 aliphatic carbocycles. The Kier molecular flexibility index (Phi) is 3.65. The molecule has 2 atom stereocenters. The molecule has 0 aromatic heterocycles. The highest BCUT2D eigenvalue weighted by Crippen LogP contribution is 2.37. The summed E-state index contributed by atoms with van der Waals surface area (Å²) < 4.78 is 5.35. The maximum absolute atomic E-state index is 9.46. The highest BCUT2D eigenvalue weighted by molar-refractivity contribution is 4.94. The maximum atomic E-state index is 9.46. The number of aliphatic hydroxyl groups excluding tert-OH is 1. The van der Waals surface area contributed by atoms with Gasteiger partial charge in [-0.25, -0.2) is 0 Å². The van der Waals surface area contributed by atoms with E-state index >= 15 is 0 Å². The zero-order valence-electron chi connectivity index (χ0n) is 9.67. The fraction of sp³-hybridized carbons (Fsp3) is 1.00. The number of ether oxygens (including phenoxy) is 1. The quantitative estimate of drug-likeness (QED) is 0.742. The predicted molar refractivity (Wildman–Crippen MR) is 59.8 cm³/mol. The third-order valence-electron chi connectivity index (χ3n) is 4.10. The van der Waals surface area contributed by atoms with E-state index in [2.05, 4.69) is 12.2 Å². The summed E-state index contributed by atoms with van der Waals surface area (Å²) in [5.41, 5.74) is 0.109. The van der Waals surface area contributed by atoms with Gasteiger partial charge in [0.15, 0.2) is 0 Å². The van der Waals surface area contributed by atoms with Crippen LogP contribution in [0.2, 0.25) is 0 Å². The zero-order chi connectivity index (χ0) is 10.7. The van der Waals surface area contributed by atoms with E-state index in [1.54, 1.807) is 0 Å². The van der Waals surface area contributed by atoms with Crippen LogP contribution < -0.4 is 5.32 Å². The summed E-state index contributed by atoms with van der Waals surface area (Å²) in [7, 11) is 0. The number of nitrogens with one attached hydrogen (secondary N) is 1. The van der Waals surface area contributed by atoms with Crippen LogP contribution in [-0.2, 0) is 4.74 Å². The lowest BCUT2D eigenvalue weighted by Gasteiger charge is -2.35. The fourth-order valence-corrected chi connectivity index (χ4v) is 2.86. The average molecular weight is 213 g/mol. The Hall–Kier alpha value is -0.120. The van der Waals surface area contributed by atoms with Crippen molar-refractivity contribution in [3.63, 3.8) is 0 Å². The van der Waals surface area contributed by atoms with Crippen molar-refractivity contribution in [2.45, 2.75) is 51.1 Å². The number of hydrogen-bond donors (Lipinski definition) is 2. The monoisotopic (exact) mass is 213 g/mol. The number of hydrogen-bond acceptors (Lipinski definition) is 3. The highest BCUT2D eigenvalue weighted by atomic mass is 16.5. The van der Waals surface area contributed by atoms with Gasteiger partial charge in [0, 0.05) is 37.3 Å². The molecule has 1 aliphatic heterocycles. The van der Waals surface area contributed by atoms with Crippen LogP contribution in [0.25, 0.3) is 0 Å². The van der Waals surface area contributed by atoms with Gasteiger partial charge >= 0.3 is 0 Å². The standard InChI is InChI=1S/C12H23NO2/c1-12(9-14)6-2-3-11(12)13-10-4-7-15-8-5-10/h10-11,13-14H,2-9H2,1H3. The summed E-state index contributed by atoms with van der Waals surface area (Å²) in [6.45, 7) is 4.30. The first-order chi connectivity index (χ1) is 7.24. The normalized spacial score (nSPS) is 38.4. The second kappa shape index (κ2) is 4.81. The van der Waals surface area contributed by atoms with Crippen molar-refractivity contribution in [3.8, 4) is 0 Å². The van der Waals surface area contributed by atoms with Crippen LogP contribution in [0.4, 0.5) is 0 Å². The first-order valence-electron chi connectivity index (χ1n) is 6.19. The van der Waals surface area contributed by atoms with Crippen molar-refractivity contribution >= 4 is 0 Å².